The summed E-state index contributed by atoms with van der Waals surface area (Å²) in [5, 5.41) is 8.78. The number of aryl methyl sites for hydroxylation is 2. The molecule has 4 heteroatoms. The number of carbonyl (C=O) groups is 1. The van der Waals surface area contributed by atoms with Gasteiger partial charge in [0.2, 0.25) is 0 Å². The van der Waals surface area contributed by atoms with Crippen molar-refractivity contribution in [2.75, 3.05) is 26.2 Å². The third-order valence-corrected chi connectivity index (χ3v) is 3.53. The van der Waals surface area contributed by atoms with Gasteiger partial charge in [0, 0.05) is 19.6 Å². The van der Waals surface area contributed by atoms with Gasteiger partial charge in [-0.3, -0.25) is 4.79 Å². The van der Waals surface area contributed by atoms with Crippen molar-refractivity contribution in [1.29, 1.82) is 0 Å². The molecule has 0 amide bonds. The molecule has 1 aromatic rings. The van der Waals surface area contributed by atoms with Gasteiger partial charge in [-0.25, -0.2) is 0 Å². The molecule has 19 heavy (non-hydrogen) atoms. The quantitative estimate of drug-likeness (QED) is 0.798. The number of carboxylic acids is 1. The Morgan fingerprint density at radius 1 is 1.42 bits per heavy atom. The van der Waals surface area contributed by atoms with E-state index in [1.165, 1.54) is 5.56 Å². The molecule has 1 aliphatic heterocycles. The number of likely N-dealkylation sites (tertiary alicyclic amines) is 1. The summed E-state index contributed by atoms with van der Waals surface area (Å²) in [6.45, 7) is 7.05. The number of aliphatic carboxylic acids is 1. The van der Waals surface area contributed by atoms with Crippen LogP contribution in [0.1, 0.15) is 17.5 Å². The third kappa shape index (κ3) is 3.70. The highest BCUT2D eigenvalue weighted by atomic mass is 16.5. The number of rotatable bonds is 6. The second kappa shape index (κ2) is 6.06. The molecule has 104 valence electrons. The summed E-state index contributed by atoms with van der Waals surface area (Å²) in [7, 11) is 0. The van der Waals surface area contributed by atoms with E-state index in [0.717, 1.165) is 24.3 Å². The molecule has 1 saturated heterocycles. The maximum Gasteiger partial charge on any atom is 0.309 e. The van der Waals surface area contributed by atoms with Gasteiger partial charge in [0.15, 0.2) is 0 Å². The molecule has 0 aliphatic carbocycles. The number of ether oxygens (including phenoxy) is 1. The first kappa shape index (κ1) is 13.9. The summed E-state index contributed by atoms with van der Waals surface area (Å²) < 4.78 is 5.77. The van der Waals surface area contributed by atoms with Crippen molar-refractivity contribution < 1.29 is 14.6 Å². The van der Waals surface area contributed by atoms with Crippen molar-refractivity contribution in [2.45, 2.75) is 20.3 Å². The molecule has 0 saturated carbocycles. The highest BCUT2D eigenvalue weighted by Crippen LogP contribution is 2.20. The van der Waals surface area contributed by atoms with Crippen LogP contribution in [0.5, 0.6) is 5.75 Å². The Labute approximate surface area is 114 Å². The Hall–Kier alpha value is -1.55. The molecule has 1 heterocycles. The maximum absolute atomic E-state index is 10.7. The molecule has 0 aromatic heterocycles. The molecule has 0 spiro atoms. The first-order valence-electron chi connectivity index (χ1n) is 6.71. The lowest BCUT2D eigenvalue weighted by Gasteiger charge is -2.36. The fraction of sp³-hybridized carbons (Fsp3) is 0.533. The molecule has 1 N–H and O–H groups in total. The second-order valence-corrected chi connectivity index (χ2v) is 5.27. The Bertz CT molecular complexity index is 453. The normalized spacial score (nSPS) is 16.1. The molecule has 1 aromatic carbocycles. The predicted molar refractivity (Wildman–Crippen MR) is 73.6 cm³/mol. The van der Waals surface area contributed by atoms with Gasteiger partial charge < -0.3 is 14.7 Å². The maximum atomic E-state index is 10.7. The number of hydrogen-bond donors (Lipinski definition) is 1. The summed E-state index contributed by atoms with van der Waals surface area (Å²) in [6.07, 6.45) is 0.930. The van der Waals surface area contributed by atoms with Crippen LogP contribution in [0.2, 0.25) is 0 Å². The Morgan fingerprint density at radius 3 is 2.84 bits per heavy atom. The van der Waals surface area contributed by atoms with E-state index in [4.69, 9.17) is 9.84 Å². The largest absolute Gasteiger partial charge is 0.493 e. The monoisotopic (exact) mass is 263 g/mol. The average molecular weight is 263 g/mol. The molecule has 0 radical (unpaired) electrons. The molecular formula is C15H21NO3. The number of nitrogens with zero attached hydrogens (tertiary/aromatic N) is 1. The minimum absolute atomic E-state index is 0.167. The van der Waals surface area contributed by atoms with E-state index in [1.54, 1.807) is 0 Å². The van der Waals surface area contributed by atoms with Crippen molar-refractivity contribution in [3.8, 4) is 5.75 Å². The molecule has 0 atom stereocenters. The van der Waals surface area contributed by atoms with E-state index in [0.29, 0.717) is 19.7 Å². The van der Waals surface area contributed by atoms with Crippen LogP contribution in [0.15, 0.2) is 18.2 Å². The summed E-state index contributed by atoms with van der Waals surface area (Å²) in [5.74, 6) is 0.106. The van der Waals surface area contributed by atoms with Crippen LogP contribution in [0.4, 0.5) is 0 Å². The number of hydrogen-bond acceptors (Lipinski definition) is 3. The second-order valence-electron chi connectivity index (χ2n) is 5.27. The smallest absolute Gasteiger partial charge is 0.309 e. The fourth-order valence-electron chi connectivity index (χ4n) is 2.24. The van der Waals surface area contributed by atoms with Crippen LogP contribution < -0.4 is 4.74 Å². The van der Waals surface area contributed by atoms with E-state index in [2.05, 4.69) is 30.0 Å². The van der Waals surface area contributed by atoms with Gasteiger partial charge in [0.25, 0.3) is 0 Å². The molecule has 2 rings (SSSR count). The van der Waals surface area contributed by atoms with Crippen LogP contribution in [0.25, 0.3) is 0 Å². The topological polar surface area (TPSA) is 49.8 Å². The zero-order valence-corrected chi connectivity index (χ0v) is 11.6. The van der Waals surface area contributed by atoms with Crippen LogP contribution in [0, 0.1) is 19.8 Å². The zero-order chi connectivity index (χ0) is 13.8. The van der Waals surface area contributed by atoms with Gasteiger partial charge in [-0.05, 0) is 37.5 Å². The van der Waals surface area contributed by atoms with Crippen molar-refractivity contribution in [1.82, 2.24) is 4.90 Å². The van der Waals surface area contributed by atoms with Gasteiger partial charge >= 0.3 is 5.97 Å². The van der Waals surface area contributed by atoms with Gasteiger partial charge in [0.1, 0.15) is 5.75 Å². The van der Waals surface area contributed by atoms with Crippen molar-refractivity contribution in [3.63, 3.8) is 0 Å². The standard InChI is InChI=1S/C15H21NO3/c1-11-4-5-12(2)14(8-11)19-7-3-6-16-9-13(10-16)15(17)18/h4-5,8,13H,3,6-7,9-10H2,1-2H3,(H,17,18). The summed E-state index contributed by atoms with van der Waals surface area (Å²) in [6, 6.07) is 6.20. The summed E-state index contributed by atoms with van der Waals surface area (Å²) >= 11 is 0. The highest BCUT2D eigenvalue weighted by molar-refractivity contribution is 5.71. The lowest BCUT2D eigenvalue weighted by atomic mass is 10.0. The van der Waals surface area contributed by atoms with Gasteiger partial charge in [-0.1, -0.05) is 12.1 Å². The summed E-state index contributed by atoms with van der Waals surface area (Å²) in [5.41, 5.74) is 2.35. The lowest BCUT2D eigenvalue weighted by Crippen LogP contribution is -2.50. The van der Waals surface area contributed by atoms with Crippen LogP contribution >= 0.6 is 0 Å². The molecule has 1 aliphatic rings. The van der Waals surface area contributed by atoms with Gasteiger partial charge in [-0.15, -0.1) is 0 Å². The van der Waals surface area contributed by atoms with E-state index in [9.17, 15) is 4.79 Å². The predicted octanol–water partition coefficient (Wildman–Crippen LogP) is 2.09. The third-order valence-electron chi connectivity index (χ3n) is 3.53. The minimum atomic E-state index is -0.678. The molecule has 1 fully saturated rings. The van der Waals surface area contributed by atoms with Crippen LogP contribution in [0.3, 0.4) is 0 Å². The van der Waals surface area contributed by atoms with E-state index in [1.807, 2.05) is 6.92 Å². The summed E-state index contributed by atoms with van der Waals surface area (Å²) in [4.78, 5) is 12.8. The van der Waals surface area contributed by atoms with Crippen molar-refractivity contribution in [3.05, 3.63) is 29.3 Å². The van der Waals surface area contributed by atoms with Gasteiger partial charge in [-0.2, -0.15) is 0 Å². The number of carboxylic acid groups (broad SMARTS) is 1. The SMILES string of the molecule is Cc1ccc(C)c(OCCCN2CC(C(=O)O)C2)c1. The lowest BCUT2D eigenvalue weighted by molar-refractivity contribution is -0.147. The Kier molecular flexibility index (Phi) is 4.43. The van der Waals surface area contributed by atoms with E-state index >= 15 is 0 Å². The van der Waals surface area contributed by atoms with Gasteiger partial charge in [0.05, 0.1) is 12.5 Å². The first-order valence-corrected chi connectivity index (χ1v) is 6.71. The van der Waals surface area contributed by atoms with Crippen LogP contribution in [-0.4, -0.2) is 42.2 Å². The zero-order valence-electron chi connectivity index (χ0n) is 11.6. The Balaban J connectivity index is 1.65. The molecule has 0 bridgehead atoms. The first-order chi connectivity index (χ1) is 9.06. The molecule has 4 nitrogen and oxygen atoms in total. The van der Waals surface area contributed by atoms with Crippen LogP contribution in [-0.2, 0) is 4.79 Å². The molecular weight excluding hydrogens is 242 g/mol. The minimum Gasteiger partial charge on any atom is -0.493 e. The number of benzene rings is 1. The van der Waals surface area contributed by atoms with E-state index in [-0.39, 0.29) is 5.92 Å². The molecule has 0 unspecified atom stereocenters. The Morgan fingerprint density at radius 2 is 2.16 bits per heavy atom. The highest BCUT2D eigenvalue weighted by Gasteiger charge is 2.31. The van der Waals surface area contributed by atoms with Crippen molar-refractivity contribution >= 4 is 5.97 Å². The van der Waals surface area contributed by atoms with Crippen molar-refractivity contribution in [2.24, 2.45) is 5.92 Å². The van der Waals surface area contributed by atoms with E-state index < -0.39 is 5.97 Å². The fourth-order valence-corrected chi connectivity index (χ4v) is 2.24. The average Bonchev–Trinajstić information content (AvgIpc) is 2.30.